The van der Waals surface area contributed by atoms with Gasteiger partial charge in [0.2, 0.25) is 0 Å². The van der Waals surface area contributed by atoms with Gasteiger partial charge in [0.25, 0.3) is 0 Å². The monoisotopic (exact) mass is 301 g/mol. The fourth-order valence-corrected chi connectivity index (χ4v) is 2.66. The summed E-state index contributed by atoms with van der Waals surface area (Å²) in [5.74, 6) is 0. The highest BCUT2D eigenvalue weighted by atomic mass is 79.9. The van der Waals surface area contributed by atoms with E-state index in [4.69, 9.17) is 0 Å². The van der Waals surface area contributed by atoms with Crippen LogP contribution in [0.3, 0.4) is 0 Å². The van der Waals surface area contributed by atoms with Crippen molar-refractivity contribution in [3.8, 4) is 0 Å². The van der Waals surface area contributed by atoms with Crippen molar-refractivity contribution in [2.45, 2.75) is 59.5 Å². The Bertz CT molecular complexity index is 341. The van der Waals surface area contributed by atoms with Crippen LogP contribution in [0.25, 0.3) is 0 Å². The zero-order chi connectivity index (χ0) is 12.8. The molecule has 1 aromatic heterocycles. The highest BCUT2D eigenvalue weighted by Crippen LogP contribution is 2.23. The van der Waals surface area contributed by atoms with Crippen molar-refractivity contribution in [3.63, 3.8) is 0 Å². The molecule has 1 rings (SSSR count). The van der Waals surface area contributed by atoms with Crippen LogP contribution in [0.5, 0.6) is 0 Å². The third-order valence-electron chi connectivity index (χ3n) is 3.02. The predicted molar refractivity (Wildman–Crippen MR) is 76.4 cm³/mol. The number of hydrogen-bond acceptors (Lipinski definition) is 2. The molecule has 3 nitrogen and oxygen atoms in total. The summed E-state index contributed by atoms with van der Waals surface area (Å²) in [4.78, 5) is 0. The van der Waals surface area contributed by atoms with Gasteiger partial charge >= 0.3 is 0 Å². The van der Waals surface area contributed by atoms with Crippen molar-refractivity contribution in [2.75, 3.05) is 6.54 Å². The Labute approximate surface area is 113 Å². The molecule has 0 fully saturated rings. The number of rotatable bonds is 7. The largest absolute Gasteiger partial charge is 0.314 e. The maximum atomic E-state index is 4.54. The minimum Gasteiger partial charge on any atom is -0.314 e. The molecule has 0 bridgehead atoms. The van der Waals surface area contributed by atoms with Gasteiger partial charge in [-0.1, -0.05) is 20.3 Å². The molecule has 0 aliphatic rings. The van der Waals surface area contributed by atoms with Crippen molar-refractivity contribution in [1.29, 1.82) is 0 Å². The van der Waals surface area contributed by atoms with Gasteiger partial charge in [0, 0.05) is 19.0 Å². The molecule has 98 valence electrons. The molecule has 0 saturated carbocycles. The maximum Gasteiger partial charge on any atom is 0.0738 e. The fourth-order valence-electron chi connectivity index (χ4n) is 2.21. The molecule has 0 radical (unpaired) electrons. The molecule has 4 heteroatoms. The summed E-state index contributed by atoms with van der Waals surface area (Å²) in [6, 6.07) is 0.558. The first-order valence-corrected chi connectivity index (χ1v) is 7.38. The molecule has 0 aliphatic heterocycles. The quantitative estimate of drug-likeness (QED) is 0.837. The summed E-state index contributed by atoms with van der Waals surface area (Å²) < 4.78 is 3.29. The van der Waals surface area contributed by atoms with E-state index in [9.17, 15) is 0 Å². The number of aryl methyl sites for hydroxylation is 2. The van der Waals surface area contributed by atoms with Crippen LogP contribution >= 0.6 is 15.9 Å². The lowest BCUT2D eigenvalue weighted by Gasteiger charge is -2.18. The highest BCUT2D eigenvalue weighted by molar-refractivity contribution is 9.10. The van der Waals surface area contributed by atoms with E-state index in [2.05, 4.69) is 58.7 Å². The second kappa shape index (κ2) is 7.17. The molecule has 0 saturated heterocycles. The maximum absolute atomic E-state index is 4.54. The fraction of sp³-hybridized carbons (Fsp3) is 0.769. The molecule has 0 amide bonds. The third-order valence-corrected chi connectivity index (χ3v) is 4.05. The van der Waals surface area contributed by atoms with Crippen LogP contribution in [0.4, 0.5) is 0 Å². The summed E-state index contributed by atoms with van der Waals surface area (Å²) >= 11 is 3.66. The molecule has 1 aromatic rings. The summed E-state index contributed by atoms with van der Waals surface area (Å²) in [5, 5.41) is 8.10. The highest BCUT2D eigenvalue weighted by Gasteiger charge is 2.16. The Morgan fingerprint density at radius 1 is 1.35 bits per heavy atom. The van der Waals surface area contributed by atoms with Crippen LogP contribution in [0, 0.1) is 6.92 Å². The lowest BCUT2D eigenvalue weighted by Crippen LogP contribution is -2.31. The molecular formula is C13H24BrN3. The van der Waals surface area contributed by atoms with Crippen molar-refractivity contribution >= 4 is 15.9 Å². The standard InChI is InChI=1S/C13H24BrN3/c1-5-8-11(15-6-2)9-12-13(14)10(4)16-17(12)7-3/h11,15H,5-9H2,1-4H3. The van der Waals surface area contributed by atoms with Crippen LogP contribution < -0.4 is 5.32 Å². The minimum absolute atomic E-state index is 0.558. The molecule has 1 atom stereocenters. The van der Waals surface area contributed by atoms with Gasteiger partial charge in [-0.3, -0.25) is 4.68 Å². The van der Waals surface area contributed by atoms with Gasteiger partial charge in [0.05, 0.1) is 15.9 Å². The number of nitrogens with zero attached hydrogens (tertiary/aromatic N) is 2. The van der Waals surface area contributed by atoms with Gasteiger partial charge in [-0.2, -0.15) is 5.10 Å². The summed E-state index contributed by atoms with van der Waals surface area (Å²) in [5.41, 5.74) is 2.41. The third kappa shape index (κ3) is 3.81. The molecule has 1 heterocycles. The van der Waals surface area contributed by atoms with E-state index < -0.39 is 0 Å². The zero-order valence-corrected chi connectivity index (χ0v) is 13.0. The van der Waals surface area contributed by atoms with E-state index in [1.807, 2.05) is 0 Å². The average molecular weight is 302 g/mol. The second-order valence-corrected chi connectivity index (χ2v) is 5.20. The Kier molecular flexibility index (Phi) is 6.20. The Hall–Kier alpha value is -0.350. The molecule has 0 aromatic carbocycles. The normalized spacial score (nSPS) is 13.0. The van der Waals surface area contributed by atoms with Crippen LogP contribution in [0.15, 0.2) is 4.47 Å². The van der Waals surface area contributed by atoms with Crippen LogP contribution in [-0.2, 0) is 13.0 Å². The van der Waals surface area contributed by atoms with E-state index in [1.165, 1.54) is 23.0 Å². The smallest absolute Gasteiger partial charge is 0.0738 e. The first-order valence-electron chi connectivity index (χ1n) is 6.59. The van der Waals surface area contributed by atoms with E-state index >= 15 is 0 Å². The number of hydrogen-bond donors (Lipinski definition) is 1. The Morgan fingerprint density at radius 2 is 2.06 bits per heavy atom. The van der Waals surface area contributed by atoms with Gasteiger partial charge in [-0.05, 0) is 42.7 Å². The van der Waals surface area contributed by atoms with Gasteiger partial charge < -0.3 is 5.32 Å². The van der Waals surface area contributed by atoms with E-state index in [0.29, 0.717) is 6.04 Å². The summed E-state index contributed by atoms with van der Waals surface area (Å²) in [6.45, 7) is 10.6. The average Bonchev–Trinajstić information content (AvgIpc) is 2.57. The number of aromatic nitrogens is 2. The summed E-state index contributed by atoms with van der Waals surface area (Å²) in [6.07, 6.45) is 3.49. The van der Waals surface area contributed by atoms with E-state index in [0.717, 1.165) is 25.2 Å². The lowest BCUT2D eigenvalue weighted by molar-refractivity contribution is 0.466. The van der Waals surface area contributed by atoms with E-state index in [1.54, 1.807) is 0 Å². The zero-order valence-electron chi connectivity index (χ0n) is 11.4. The summed E-state index contributed by atoms with van der Waals surface area (Å²) in [7, 11) is 0. The van der Waals surface area contributed by atoms with Gasteiger partial charge in [0.15, 0.2) is 0 Å². The molecule has 1 N–H and O–H groups in total. The number of nitrogens with one attached hydrogen (secondary N) is 1. The van der Waals surface area contributed by atoms with Gasteiger partial charge in [0.1, 0.15) is 0 Å². The first-order chi connectivity index (χ1) is 8.13. The predicted octanol–water partition coefficient (Wildman–Crippen LogP) is 3.29. The molecular weight excluding hydrogens is 278 g/mol. The van der Waals surface area contributed by atoms with Crippen molar-refractivity contribution in [3.05, 3.63) is 15.9 Å². The van der Waals surface area contributed by atoms with Gasteiger partial charge in [-0.15, -0.1) is 0 Å². The van der Waals surface area contributed by atoms with Crippen molar-refractivity contribution < 1.29 is 0 Å². The number of halogens is 1. The first kappa shape index (κ1) is 14.7. The minimum atomic E-state index is 0.558. The molecule has 17 heavy (non-hydrogen) atoms. The van der Waals surface area contributed by atoms with Crippen LogP contribution in [0.1, 0.15) is 45.0 Å². The van der Waals surface area contributed by atoms with Crippen LogP contribution in [-0.4, -0.2) is 22.4 Å². The second-order valence-electron chi connectivity index (χ2n) is 4.41. The molecule has 1 unspecified atom stereocenters. The van der Waals surface area contributed by atoms with Crippen molar-refractivity contribution in [1.82, 2.24) is 15.1 Å². The Balaban J connectivity index is 2.83. The Morgan fingerprint density at radius 3 is 2.59 bits per heavy atom. The van der Waals surface area contributed by atoms with E-state index in [-0.39, 0.29) is 0 Å². The van der Waals surface area contributed by atoms with Crippen molar-refractivity contribution in [2.24, 2.45) is 0 Å². The number of likely N-dealkylation sites (N-methyl/N-ethyl adjacent to an activating group) is 1. The lowest BCUT2D eigenvalue weighted by atomic mass is 10.1. The van der Waals surface area contributed by atoms with Crippen LogP contribution in [0.2, 0.25) is 0 Å². The molecule has 0 spiro atoms. The molecule has 0 aliphatic carbocycles. The topological polar surface area (TPSA) is 29.9 Å². The SMILES string of the molecule is CCCC(Cc1c(Br)c(C)nn1CC)NCC. The van der Waals surface area contributed by atoms with Gasteiger partial charge in [-0.25, -0.2) is 0 Å².